The summed E-state index contributed by atoms with van der Waals surface area (Å²) in [6, 6.07) is 5.79. The van der Waals surface area contributed by atoms with Gasteiger partial charge in [-0.3, -0.25) is 0 Å². The molecule has 3 nitrogen and oxygen atoms in total. The number of methoxy groups -OCH3 is 1. The molecule has 3 N–H and O–H groups in total. The van der Waals surface area contributed by atoms with E-state index in [9.17, 15) is 5.11 Å². The van der Waals surface area contributed by atoms with Gasteiger partial charge in [-0.1, -0.05) is 6.07 Å². The van der Waals surface area contributed by atoms with Crippen LogP contribution in [0.15, 0.2) is 22.7 Å². The van der Waals surface area contributed by atoms with Crippen molar-refractivity contribution in [2.75, 3.05) is 13.7 Å². The van der Waals surface area contributed by atoms with Crippen molar-refractivity contribution in [3.8, 4) is 5.75 Å². The first-order valence-electron chi connectivity index (χ1n) is 4.88. The van der Waals surface area contributed by atoms with Crippen molar-refractivity contribution in [2.24, 2.45) is 5.73 Å². The lowest BCUT2D eigenvalue weighted by Gasteiger charge is -2.10. The van der Waals surface area contributed by atoms with Crippen LogP contribution in [0.4, 0.5) is 0 Å². The van der Waals surface area contributed by atoms with E-state index < -0.39 is 0 Å². The third-order valence-electron chi connectivity index (χ3n) is 2.19. The van der Waals surface area contributed by atoms with Crippen LogP contribution in [0.25, 0.3) is 0 Å². The molecule has 0 radical (unpaired) electrons. The predicted octanol–water partition coefficient (Wildman–Crippen LogP) is 1.71. The maximum atomic E-state index is 9.59. The average Bonchev–Trinajstić information content (AvgIpc) is 2.18. The van der Waals surface area contributed by atoms with Gasteiger partial charge < -0.3 is 15.6 Å². The van der Waals surface area contributed by atoms with Gasteiger partial charge in [-0.15, -0.1) is 0 Å². The first kappa shape index (κ1) is 12.5. The van der Waals surface area contributed by atoms with Crippen molar-refractivity contribution < 1.29 is 9.84 Å². The Hall–Kier alpha value is -0.580. The predicted molar refractivity (Wildman–Crippen MR) is 64.1 cm³/mol. The summed E-state index contributed by atoms with van der Waals surface area (Å²) in [4.78, 5) is 0. The van der Waals surface area contributed by atoms with Gasteiger partial charge in [0.15, 0.2) is 0 Å². The zero-order chi connectivity index (χ0) is 11.3. The van der Waals surface area contributed by atoms with E-state index in [0.29, 0.717) is 19.4 Å². The van der Waals surface area contributed by atoms with Gasteiger partial charge in [0.2, 0.25) is 0 Å². The highest BCUT2D eigenvalue weighted by atomic mass is 79.9. The number of aliphatic hydroxyl groups excluding tert-OH is 1. The van der Waals surface area contributed by atoms with Gasteiger partial charge >= 0.3 is 0 Å². The Bertz CT molecular complexity index is 317. The molecule has 0 saturated heterocycles. The van der Waals surface area contributed by atoms with Gasteiger partial charge in [0.1, 0.15) is 5.75 Å². The second kappa shape index (κ2) is 6.10. The maximum Gasteiger partial charge on any atom is 0.133 e. The molecule has 1 aromatic carbocycles. The molecule has 1 rings (SSSR count). The third kappa shape index (κ3) is 3.81. The summed E-state index contributed by atoms with van der Waals surface area (Å²) >= 11 is 3.40. The monoisotopic (exact) mass is 273 g/mol. The number of nitrogens with two attached hydrogens (primary N) is 1. The Morgan fingerprint density at radius 3 is 2.80 bits per heavy atom. The number of hydrogen-bond donors (Lipinski definition) is 2. The molecule has 1 aromatic rings. The topological polar surface area (TPSA) is 55.5 Å². The largest absolute Gasteiger partial charge is 0.496 e. The zero-order valence-corrected chi connectivity index (χ0v) is 10.3. The van der Waals surface area contributed by atoms with Gasteiger partial charge in [0, 0.05) is 0 Å². The van der Waals surface area contributed by atoms with E-state index in [2.05, 4.69) is 15.9 Å². The molecule has 0 heterocycles. The average molecular weight is 274 g/mol. The minimum absolute atomic E-state index is 0.365. The summed E-state index contributed by atoms with van der Waals surface area (Å²) in [5.41, 5.74) is 6.44. The molecule has 0 aliphatic carbocycles. The lowest BCUT2D eigenvalue weighted by Crippen LogP contribution is -2.15. The van der Waals surface area contributed by atoms with Crippen molar-refractivity contribution >= 4 is 15.9 Å². The van der Waals surface area contributed by atoms with Crippen molar-refractivity contribution in [1.82, 2.24) is 0 Å². The Morgan fingerprint density at radius 1 is 1.53 bits per heavy atom. The molecule has 0 aliphatic heterocycles. The lowest BCUT2D eigenvalue weighted by atomic mass is 10.1. The second-order valence-electron chi connectivity index (χ2n) is 3.40. The molecule has 0 saturated carbocycles. The zero-order valence-electron chi connectivity index (χ0n) is 8.74. The van der Waals surface area contributed by atoms with Crippen molar-refractivity contribution in [3.05, 3.63) is 28.2 Å². The van der Waals surface area contributed by atoms with E-state index in [4.69, 9.17) is 10.5 Å². The quantitative estimate of drug-likeness (QED) is 0.859. The molecule has 0 spiro atoms. The Balaban J connectivity index is 2.66. The van der Waals surface area contributed by atoms with Crippen molar-refractivity contribution in [1.29, 1.82) is 0 Å². The summed E-state index contributed by atoms with van der Waals surface area (Å²) in [6.45, 7) is 0.512. The summed E-state index contributed by atoms with van der Waals surface area (Å²) in [6.07, 6.45) is 0.888. The van der Waals surface area contributed by atoms with Crippen LogP contribution in [-0.4, -0.2) is 24.9 Å². The molecule has 0 fully saturated rings. The van der Waals surface area contributed by atoms with Crippen LogP contribution < -0.4 is 10.5 Å². The normalized spacial score (nSPS) is 12.5. The highest BCUT2D eigenvalue weighted by molar-refractivity contribution is 9.10. The van der Waals surface area contributed by atoms with Crippen LogP contribution in [-0.2, 0) is 6.42 Å². The SMILES string of the molecule is COc1ccc(CC(O)CCN)cc1Br. The second-order valence-corrected chi connectivity index (χ2v) is 4.26. The molecule has 0 amide bonds. The van der Waals surface area contributed by atoms with Gasteiger partial charge in [-0.05, 0) is 53.0 Å². The lowest BCUT2D eigenvalue weighted by molar-refractivity contribution is 0.167. The number of aliphatic hydroxyl groups is 1. The highest BCUT2D eigenvalue weighted by Crippen LogP contribution is 2.26. The summed E-state index contributed by atoms with van der Waals surface area (Å²) in [7, 11) is 1.63. The molecule has 0 bridgehead atoms. The third-order valence-corrected chi connectivity index (χ3v) is 2.81. The Morgan fingerprint density at radius 2 is 2.27 bits per heavy atom. The number of rotatable bonds is 5. The minimum Gasteiger partial charge on any atom is -0.496 e. The fourth-order valence-electron chi connectivity index (χ4n) is 1.40. The van der Waals surface area contributed by atoms with Crippen LogP contribution in [0.5, 0.6) is 5.75 Å². The number of ether oxygens (including phenoxy) is 1. The van der Waals surface area contributed by atoms with E-state index in [0.717, 1.165) is 15.8 Å². The van der Waals surface area contributed by atoms with Crippen molar-refractivity contribution in [3.63, 3.8) is 0 Å². The summed E-state index contributed by atoms with van der Waals surface area (Å²) < 4.78 is 6.03. The van der Waals surface area contributed by atoms with Crippen LogP contribution >= 0.6 is 15.9 Å². The van der Waals surface area contributed by atoms with Gasteiger partial charge in [0.05, 0.1) is 17.7 Å². The van der Waals surface area contributed by atoms with Gasteiger partial charge in [0.25, 0.3) is 0 Å². The van der Waals surface area contributed by atoms with E-state index in [1.165, 1.54) is 0 Å². The fourth-order valence-corrected chi connectivity index (χ4v) is 1.99. The van der Waals surface area contributed by atoms with E-state index in [-0.39, 0.29) is 6.10 Å². The van der Waals surface area contributed by atoms with Gasteiger partial charge in [-0.2, -0.15) is 0 Å². The van der Waals surface area contributed by atoms with Crippen LogP contribution in [0.2, 0.25) is 0 Å². The van der Waals surface area contributed by atoms with E-state index in [1.54, 1.807) is 7.11 Å². The fraction of sp³-hybridized carbons (Fsp3) is 0.455. The Labute approximate surface area is 98.4 Å². The molecule has 1 atom stereocenters. The molecule has 15 heavy (non-hydrogen) atoms. The number of hydrogen-bond acceptors (Lipinski definition) is 3. The molecular formula is C11H16BrNO2. The Kier molecular flexibility index (Phi) is 5.08. The standard InChI is InChI=1S/C11H16BrNO2/c1-15-11-3-2-8(7-10(11)12)6-9(14)4-5-13/h2-3,7,9,14H,4-6,13H2,1H3. The van der Waals surface area contributed by atoms with Gasteiger partial charge in [-0.25, -0.2) is 0 Å². The first-order valence-corrected chi connectivity index (χ1v) is 5.67. The van der Waals surface area contributed by atoms with Crippen molar-refractivity contribution in [2.45, 2.75) is 18.9 Å². The molecule has 4 heteroatoms. The number of benzene rings is 1. The molecule has 84 valence electrons. The maximum absolute atomic E-state index is 9.59. The smallest absolute Gasteiger partial charge is 0.133 e. The van der Waals surface area contributed by atoms with Crippen LogP contribution in [0.3, 0.4) is 0 Å². The first-order chi connectivity index (χ1) is 7.17. The summed E-state index contributed by atoms with van der Waals surface area (Å²) in [5, 5.41) is 9.59. The van der Waals surface area contributed by atoms with E-state index >= 15 is 0 Å². The minimum atomic E-state index is -0.365. The number of halogens is 1. The molecule has 1 unspecified atom stereocenters. The highest BCUT2D eigenvalue weighted by Gasteiger charge is 2.06. The molecule has 0 aromatic heterocycles. The molecular weight excluding hydrogens is 258 g/mol. The van der Waals surface area contributed by atoms with E-state index in [1.807, 2.05) is 18.2 Å². The van der Waals surface area contributed by atoms with Crippen LogP contribution in [0, 0.1) is 0 Å². The molecule has 0 aliphatic rings. The van der Waals surface area contributed by atoms with Crippen LogP contribution in [0.1, 0.15) is 12.0 Å². The summed E-state index contributed by atoms with van der Waals surface area (Å²) in [5.74, 6) is 0.798.